The van der Waals surface area contributed by atoms with Gasteiger partial charge in [-0.05, 0) is 48.6 Å². The first-order valence-electron chi connectivity index (χ1n) is 12.2. The molecule has 3 aromatic heterocycles. The Labute approximate surface area is 222 Å². The van der Waals surface area contributed by atoms with E-state index in [1.165, 1.54) is 15.4 Å². The highest BCUT2D eigenvalue weighted by molar-refractivity contribution is 8.00. The van der Waals surface area contributed by atoms with Crippen molar-refractivity contribution in [3.05, 3.63) is 41.9 Å². The minimum atomic E-state index is -4.51. The van der Waals surface area contributed by atoms with Gasteiger partial charge in [0.05, 0.1) is 35.3 Å². The summed E-state index contributed by atoms with van der Waals surface area (Å²) in [5, 5.41) is 14.6. The van der Waals surface area contributed by atoms with Crippen LogP contribution in [0.25, 0.3) is 5.52 Å². The molecule has 0 unspecified atom stereocenters. The Kier molecular flexibility index (Phi) is 7.30. The van der Waals surface area contributed by atoms with Gasteiger partial charge in [0.15, 0.2) is 0 Å². The molecule has 1 amide bonds. The van der Waals surface area contributed by atoms with Gasteiger partial charge >= 0.3 is 5.51 Å². The zero-order valence-corrected chi connectivity index (χ0v) is 21.8. The number of nitrogens with zero attached hydrogens (tertiary/aromatic N) is 5. The molecule has 2 N–H and O–H groups in total. The van der Waals surface area contributed by atoms with Gasteiger partial charge in [0, 0.05) is 45.5 Å². The van der Waals surface area contributed by atoms with Crippen molar-refractivity contribution in [1.29, 1.82) is 0 Å². The molecule has 0 spiro atoms. The summed E-state index contributed by atoms with van der Waals surface area (Å²) in [6.07, 6.45) is 4.92. The van der Waals surface area contributed by atoms with Crippen LogP contribution in [0.15, 0.2) is 35.5 Å². The molecular weight excluding hydrogens is 519 g/mol. The first kappa shape index (κ1) is 26.4. The van der Waals surface area contributed by atoms with Gasteiger partial charge in [-0.1, -0.05) is 12.0 Å². The summed E-state index contributed by atoms with van der Waals surface area (Å²) in [7, 11) is 3.39. The van der Waals surface area contributed by atoms with Gasteiger partial charge in [0.25, 0.3) is 5.91 Å². The maximum Gasteiger partial charge on any atom is 0.446 e. The molecule has 1 aliphatic carbocycles. The summed E-state index contributed by atoms with van der Waals surface area (Å²) in [5.41, 5.74) is -3.88. The smallest absolute Gasteiger partial charge is 0.383 e. The Morgan fingerprint density at radius 2 is 2.21 bits per heavy atom. The number of ether oxygens (including phenoxy) is 1. The van der Waals surface area contributed by atoms with Crippen LogP contribution >= 0.6 is 11.8 Å². The summed E-state index contributed by atoms with van der Waals surface area (Å²) in [4.78, 5) is 14.5. The molecule has 0 bridgehead atoms. The molecule has 2 aliphatic rings. The van der Waals surface area contributed by atoms with Crippen LogP contribution < -0.4 is 10.6 Å². The zero-order chi connectivity index (χ0) is 26.9. The summed E-state index contributed by atoms with van der Waals surface area (Å²) in [6.45, 7) is 3.42. The zero-order valence-electron chi connectivity index (χ0n) is 21.0. The molecule has 3 aromatic rings. The number of nitrogens with one attached hydrogen (secondary N) is 2. The van der Waals surface area contributed by atoms with Gasteiger partial charge in [-0.3, -0.25) is 9.48 Å². The SMILES string of the molecule is COCCN1CC[C@@]2(Nc3cccc4c(SC(F)(F)F)c(C#CCNC(=O)c5cnn(C)c5)nn34)C[C@H]2C1. The fourth-order valence-electron chi connectivity index (χ4n) is 4.91. The third-order valence-corrected chi connectivity index (χ3v) is 7.75. The fourth-order valence-corrected chi connectivity index (χ4v) is 5.59. The number of pyridine rings is 1. The number of methoxy groups -OCH3 is 1. The van der Waals surface area contributed by atoms with E-state index in [2.05, 4.69) is 37.6 Å². The second-order valence-corrected chi connectivity index (χ2v) is 10.6. The van der Waals surface area contributed by atoms with E-state index in [4.69, 9.17) is 4.74 Å². The third-order valence-electron chi connectivity index (χ3n) is 6.91. The number of aryl methyl sites for hydroxylation is 1. The van der Waals surface area contributed by atoms with Gasteiger partial charge in [-0.25, -0.2) is 4.52 Å². The number of hydrogen-bond donors (Lipinski definition) is 2. The number of fused-ring (bicyclic) bond motifs is 2. The van der Waals surface area contributed by atoms with E-state index in [1.807, 2.05) is 6.07 Å². The Balaban J connectivity index is 1.35. The van der Waals surface area contributed by atoms with Crippen LogP contribution in [0.5, 0.6) is 0 Å². The predicted molar refractivity (Wildman–Crippen MR) is 137 cm³/mol. The second kappa shape index (κ2) is 10.5. The lowest BCUT2D eigenvalue weighted by Gasteiger charge is -2.32. The molecule has 2 atom stereocenters. The standard InChI is InChI=1S/C25H28F3N7O2S/c1-33-15-17(14-30-33)23(36)29-9-4-5-19-22(38-25(26,27)28)20-6-3-7-21(35(20)32-19)31-24-8-10-34(11-12-37-2)16-18(24)13-24/h3,6-7,14-15,18,31H,8-13,16H2,1-2H3,(H,29,36)/t18-,24+/m0/s1. The van der Waals surface area contributed by atoms with Crippen LogP contribution in [0, 0.1) is 17.8 Å². The molecule has 1 saturated heterocycles. The molecule has 9 nitrogen and oxygen atoms in total. The molecule has 13 heteroatoms. The summed E-state index contributed by atoms with van der Waals surface area (Å²) >= 11 is -0.231. The number of likely N-dealkylation sites (tertiary alicyclic amines) is 1. The normalized spacial score (nSPS) is 21.0. The largest absolute Gasteiger partial charge is 0.446 e. The molecule has 4 heterocycles. The van der Waals surface area contributed by atoms with E-state index in [9.17, 15) is 18.0 Å². The molecule has 0 radical (unpaired) electrons. The first-order chi connectivity index (χ1) is 18.2. The molecule has 1 aliphatic heterocycles. The van der Waals surface area contributed by atoms with Crippen molar-refractivity contribution in [2.45, 2.75) is 28.8 Å². The first-order valence-corrected chi connectivity index (χ1v) is 13.0. The number of piperidine rings is 1. The van der Waals surface area contributed by atoms with Crippen LogP contribution in [0.3, 0.4) is 0 Å². The number of anilines is 1. The van der Waals surface area contributed by atoms with Crippen LogP contribution in [-0.4, -0.2) is 81.1 Å². The molecule has 202 valence electrons. The van der Waals surface area contributed by atoms with Crippen LogP contribution in [0.1, 0.15) is 28.9 Å². The Morgan fingerprint density at radius 3 is 2.92 bits per heavy atom. The van der Waals surface area contributed by atoms with E-state index in [-0.39, 0.29) is 40.3 Å². The number of thioether (sulfide) groups is 1. The summed E-state index contributed by atoms with van der Waals surface area (Å²) < 4.78 is 48.6. The second-order valence-electron chi connectivity index (χ2n) is 9.55. The van der Waals surface area contributed by atoms with E-state index < -0.39 is 5.51 Å². The maximum absolute atomic E-state index is 13.5. The lowest BCUT2D eigenvalue weighted by Crippen LogP contribution is -2.42. The maximum atomic E-state index is 13.5. The number of alkyl halides is 3. The van der Waals surface area contributed by atoms with E-state index in [1.54, 1.807) is 32.5 Å². The molecule has 5 rings (SSSR count). The highest BCUT2D eigenvalue weighted by Gasteiger charge is 2.56. The monoisotopic (exact) mass is 547 g/mol. The quantitative estimate of drug-likeness (QED) is 0.331. The molecule has 0 aromatic carbocycles. The number of carbonyl (C=O) groups is 1. The number of halogens is 3. The third kappa shape index (κ3) is 5.77. The van der Waals surface area contributed by atoms with Gasteiger partial charge in [0.2, 0.25) is 0 Å². The Morgan fingerprint density at radius 1 is 1.37 bits per heavy atom. The Bertz CT molecular complexity index is 1390. The lowest BCUT2D eigenvalue weighted by molar-refractivity contribution is -0.0327. The minimum absolute atomic E-state index is 0.0106. The number of aromatic nitrogens is 4. The molecular formula is C25H28F3N7O2S. The highest BCUT2D eigenvalue weighted by atomic mass is 32.2. The van der Waals surface area contributed by atoms with Gasteiger partial charge in [-0.15, -0.1) is 0 Å². The van der Waals surface area contributed by atoms with Crippen molar-refractivity contribution in [2.24, 2.45) is 13.0 Å². The van der Waals surface area contributed by atoms with Crippen molar-refractivity contribution < 1.29 is 22.7 Å². The van der Waals surface area contributed by atoms with E-state index >= 15 is 0 Å². The topological polar surface area (TPSA) is 88.7 Å². The fraction of sp³-hybridized carbons (Fsp3) is 0.480. The number of carbonyl (C=O) groups excluding carboxylic acids is 1. The van der Waals surface area contributed by atoms with Crippen LogP contribution in [0.2, 0.25) is 0 Å². The van der Waals surface area contributed by atoms with Crippen molar-refractivity contribution in [3.8, 4) is 11.8 Å². The van der Waals surface area contributed by atoms with Crippen LogP contribution in [-0.2, 0) is 11.8 Å². The summed E-state index contributed by atoms with van der Waals surface area (Å²) in [5.74, 6) is 6.19. The van der Waals surface area contributed by atoms with Gasteiger partial charge in [-0.2, -0.15) is 23.4 Å². The van der Waals surface area contributed by atoms with Crippen molar-refractivity contribution in [2.75, 3.05) is 45.2 Å². The minimum Gasteiger partial charge on any atom is -0.383 e. The molecule has 38 heavy (non-hydrogen) atoms. The highest BCUT2D eigenvalue weighted by Crippen LogP contribution is 2.52. The number of hydrogen-bond acceptors (Lipinski definition) is 7. The van der Waals surface area contributed by atoms with E-state index in [0.717, 1.165) is 32.5 Å². The van der Waals surface area contributed by atoms with Gasteiger partial charge in [0.1, 0.15) is 11.5 Å². The van der Waals surface area contributed by atoms with E-state index in [0.29, 0.717) is 29.4 Å². The molecule has 2 fully saturated rings. The Hall–Kier alpha value is -3.21. The summed E-state index contributed by atoms with van der Waals surface area (Å²) in [6, 6.07) is 5.17. The van der Waals surface area contributed by atoms with Crippen molar-refractivity contribution in [1.82, 2.24) is 29.6 Å². The average molecular weight is 548 g/mol. The van der Waals surface area contributed by atoms with Crippen LogP contribution in [0.4, 0.5) is 19.0 Å². The number of amides is 1. The lowest BCUT2D eigenvalue weighted by atomic mass is 10.0. The van der Waals surface area contributed by atoms with Crippen molar-refractivity contribution in [3.63, 3.8) is 0 Å². The predicted octanol–water partition coefficient (Wildman–Crippen LogP) is 2.98. The number of rotatable bonds is 8. The average Bonchev–Trinajstić information content (AvgIpc) is 3.21. The van der Waals surface area contributed by atoms with Crippen molar-refractivity contribution >= 4 is 29.0 Å². The van der Waals surface area contributed by atoms with Gasteiger partial charge < -0.3 is 20.3 Å². The molecule has 1 saturated carbocycles.